The Kier molecular flexibility index (Phi) is 6.58. The van der Waals surface area contributed by atoms with Gasteiger partial charge in [0.1, 0.15) is 0 Å². The molecule has 3 aromatic rings. The lowest BCUT2D eigenvalue weighted by Crippen LogP contribution is -2.32. The van der Waals surface area contributed by atoms with E-state index in [2.05, 4.69) is 10.4 Å². The zero-order valence-electron chi connectivity index (χ0n) is 16.8. The zero-order valence-corrected chi connectivity index (χ0v) is 16.8. The number of hydrogen-bond donors (Lipinski definition) is 2. The van der Waals surface area contributed by atoms with Crippen LogP contribution in [0.3, 0.4) is 0 Å². The van der Waals surface area contributed by atoms with Crippen molar-refractivity contribution in [1.82, 2.24) is 9.78 Å². The summed E-state index contributed by atoms with van der Waals surface area (Å²) >= 11 is 0. The first-order valence-electron chi connectivity index (χ1n) is 9.66. The molecule has 0 saturated heterocycles. The lowest BCUT2D eigenvalue weighted by atomic mass is 10.1. The SMILES string of the molecule is CCc1ccc(NC(=O)[C@H](C)OC(=O)c2nn(CCO)c(=O)c3ccccc23)cc1. The zero-order chi connectivity index (χ0) is 21.7. The fourth-order valence-electron chi connectivity index (χ4n) is 2.97. The van der Waals surface area contributed by atoms with Gasteiger partial charge in [0.15, 0.2) is 11.8 Å². The Morgan fingerprint density at radius 3 is 2.43 bits per heavy atom. The van der Waals surface area contributed by atoms with E-state index >= 15 is 0 Å². The predicted octanol–water partition coefficient (Wildman–Crippen LogP) is 2.14. The van der Waals surface area contributed by atoms with Crippen molar-refractivity contribution >= 4 is 28.3 Å². The summed E-state index contributed by atoms with van der Waals surface area (Å²) in [6, 6.07) is 13.9. The second-order valence-corrected chi connectivity index (χ2v) is 6.73. The lowest BCUT2D eigenvalue weighted by molar-refractivity contribution is -0.123. The molecule has 0 unspecified atom stereocenters. The number of aromatic nitrogens is 2. The number of ether oxygens (including phenoxy) is 1. The first-order chi connectivity index (χ1) is 14.4. The second kappa shape index (κ2) is 9.32. The van der Waals surface area contributed by atoms with Crippen LogP contribution < -0.4 is 10.9 Å². The number of fused-ring (bicyclic) bond motifs is 1. The van der Waals surface area contributed by atoms with Gasteiger partial charge >= 0.3 is 5.97 Å². The van der Waals surface area contributed by atoms with E-state index in [9.17, 15) is 14.4 Å². The van der Waals surface area contributed by atoms with Crippen LogP contribution in [0.25, 0.3) is 10.8 Å². The first kappa shape index (κ1) is 21.2. The van der Waals surface area contributed by atoms with E-state index < -0.39 is 23.5 Å². The number of esters is 1. The Morgan fingerprint density at radius 1 is 1.13 bits per heavy atom. The number of aliphatic hydroxyl groups excluding tert-OH is 1. The molecule has 2 N–H and O–H groups in total. The highest BCUT2D eigenvalue weighted by atomic mass is 16.5. The van der Waals surface area contributed by atoms with Gasteiger partial charge in [-0.1, -0.05) is 37.3 Å². The minimum atomic E-state index is -1.08. The minimum Gasteiger partial charge on any atom is -0.448 e. The number of nitrogens with zero attached hydrogens (tertiary/aromatic N) is 2. The second-order valence-electron chi connectivity index (χ2n) is 6.73. The van der Waals surface area contributed by atoms with Crippen LogP contribution >= 0.6 is 0 Å². The number of amides is 1. The Balaban J connectivity index is 1.80. The smallest absolute Gasteiger partial charge is 0.360 e. The van der Waals surface area contributed by atoms with Gasteiger partial charge in [-0.25, -0.2) is 9.48 Å². The molecule has 2 aromatic carbocycles. The largest absolute Gasteiger partial charge is 0.448 e. The van der Waals surface area contributed by atoms with Crippen molar-refractivity contribution in [3.05, 3.63) is 70.1 Å². The van der Waals surface area contributed by atoms with Crippen LogP contribution in [0.5, 0.6) is 0 Å². The Morgan fingerprint density at radius 2 is 1.80 bits per heavy atom. The molecule has 0 radical (unpaired) electrons. The normalized spacial score (nSPS) is 11.8. The summed E-state index contributed by atoms with van der Waals surface area (Å²) in [4.78, 5) is 37.6. The van der Waals surface area contributed by atoms with Crippen molar-refractivity contribution in [3.63, 3.8) is 0 Å². The molecular formula is C22H23N3O5. The Hall–Kier alpha value is -3.52. The maximum absolute atomic E-state index is 12.7. The molecule has 0 aliphatic heterocycles. The van der Waals surface area contributed by atoms with Crippen molar-refractivity contribution in [2.75, 3.05) is 11.9 Å². The highest BCUT2D eigenvalue weighted by Gasteiger charge is 2.23. The van der Waals surface area contributed by atoms with Crippen LogP contribution in [0, 0.1) is 0 Å². The van der Waals surface area contributed by atoms with E-state index in [1.54, 1.807) is 36.4 Å². The molecule has 0 bridgehead atoms. The van der Waals surface area contributed by atoms with Crippen molar-refractivity contribution < 1.29 is 19.4 Å². The summed E-state index contributed by atoms with van der Waals surface area (Å²) in [7, 11) is 0. The summed E-state index contributed by atoms with van der Waals surface area (Å²) < 4.78 is 6.32. The van der Waals surface area contributed by atoms with Gasteiger partial charge in [-0.2, -0.15) is 5.10 Å². The number of aryl methyl sites for hydroxylation is 1. The topological polar surface area (TPSA) is 111 Å². The maximum atomic E-state index is 12.7. The molecule has 30 heavy (non-hydrogen) atoms. The molecule has 0 saturated carbocycles. The van der Waals surface area contributed by atoms with Crippen LogP contribution in [-0.4, -0.2) is 39.5 Å². The van der Waals surface area contributed by atoms with Gasteiger partial charge in [-0.15, -0.1) is 0 Å². The lowest BCUT2D eigenvalue weighted by Gasteiger charge is -2.15. The maximum Gasteiger partial charge on any atom is 0.360 e. The summed E-state index contributed by atoms with van der Waals surface area (Å²) in [5.41, 5.74) is 1.23. The molecule has 3 rings (SSSR count). The summed E-state index contributed by atoms with van der Waals surface area (Å²) in [6.45, 7) is 3.12. The fourth-order valence-corrected chi connectivity index (χ4v) is 2.97. The van der Waals surface area contributed by atoms with Crippen LogP contribution in [0.4, 0.5) is 5.69 Å². The van der Waals surface area contributed by atoms with Gasteiger partial charge in [0.05, 0.1) is 18.5 Å². The Labute approximate surface area is 173 Å². The number of nitrogens with one attached hydrogen (secondary N) is 1. The van der Waals surface area contributed by atoms with E-state index in [0.717, 1.165) is 16.7 Å². The van der Waals surface area contributed by atoms with E-state index in [0.29, 0.717) is 11.1 Å². The molecule has 0 fully saturated rings. The molecule has 156 valence electrons. The third kappa shape index (κ3) is 4.55. The van der Waals surface area contributed by atoms with Gasteiger partial charge in [0, 0.05) is 11.1 Å². The van der Waals surface area contributed by atoms with Gasteiger partial charge in [-0.05, 0) is 37.1 Å². The third-order valence-corrected chi connectivity index (χ3v) is 4.66. The molecule has 8 heteroatoms. The molecule has 1 aromatic heterocycles. The average molecular weight is 409 g/mol. The van der Waals surface area contributed by atoms with E-state index in [4.69, 9.17) is 9.84 Å². The molecule has 1 amide bonds. The molecule has 0 aliphatic carbocycles. The van der Waals surface area contributed by atoms with E-state index in [1.807, 2.05) is 19.1 Å². The third-order valence-electron chi connectivity index (χ3n) is 4.66. The minimum absolute atomic E-state index is 0.0618. The van der Waals surface area contributed by atoms with Crippen LogP contribution in [0.2, 0.25) is 0 Å². The summed E-state index contributed by atoms with van der Waals surface area (Å²) in [5, 5.41) is 16.5. The molecule has 1 heterocycles. The van der Waals surface area contributed by atoms with Crippen molar-refractivity contribution in [2.45, 2.75) is 32.9 Å². The average Bonchev–Trinajstić information content (AvgIpc) is 2.76. The van der Waals surface area contributed by atoms with E-state index in [1.165, 1.54) is 6.92 Å². The van der Waals surface area contributed by atoms with Gasteiger partial charge in [0.25, 0.3) is 11.5 Å². The number of rotatable bonds is 7. The van der Waals surface area contributed by atoms with E-state index in [-0.39, 0.29) is 24.2 Å². The van der Waals surface area contributed by atoms with Crippen LogP contribution in [0.15, 0.2) is 53.3 Å². The molecule has 8 nitrogen and oxygen atoms in total. The quantitative estimate of drug-likeness (QED) is 0.579. The number of aliphatic hydroxyl groups is 1. The summed E-state index contributed by atoms with van der Waals surface area (Å²) in [6.07, 6.45) is -0.191. The number of carbonyl (C=O) groups is 2. The highest BCUT2D eigenvalue weighted by Crippen LogP contribution is 2.16. The van der Waals surface area contributed by atoms with Gasteiger partial charge in [-0.3, -0.25) is 9.59 Å². The van der Waals surface area contributed by atoms with Gasteiger partial charge in [0.2, 0.25) is 0 Å². The highest BCUT2D eigenvalue weighted by molar-refractivity contribution is 6.03. The summed E-state index contributed by atoms with van der Waals surface area (Å²) in [5.74, 6) is -1.32. The predicted molar refractivity (Wildman–Crippen MR) is 112 cm³/mol. The Bertz CT molecular complexity index is 1120. The van der Waals surface area contributed by atoms with Crippen molar-refractivity contribution in [3.8, 4) is 0 Å². The fraction of sp³-hybridized carbons (Fsp3) is 0.273. The molecule has 0 spiro atoms. The monoisotopic (exact) mass is 409 g/mol. The van der Waals surface area contributed by atoms with Crippen molar-refractivity contribution in [2.24, 2.45) is 0 Å². The number of benzene rings is 2. The molecular weight excluding hydrogens is 386 g/mol. The molecule has 0 aliphatic rings. The molecule has 1 atom stereocenters. The van der Waals surface area contributed by atoms with Crippen LogP contribution in [0.1, 0.15) is 29.9 Å². The number of hydrogen-bond acceptors (Lipinski definition) is 6. The van der Waals surface area contributed by atoms with Crippen molar-refractivity contribution in [1.29, 1.82) is 0 Å². The number of carbonyl (C=O) groups excluding carboxylic acids is 2. The number of anilines is 1. The van der Waals surface area contributed by atoms with Crippen LogP contribution in [-0.2, 0) is 22.5 Å². The van der Waals surface area contributed by atoms with Gasteiger partial charge < -0.3 is 15.2 Å². The first-order valence-corrected chi connectivity index (χ1v) is 9.66. The standard InChI is InChI=1S/C22H23N3O5/c1-3-15-8-10-16(11-9-15)23-20(27)14(2)30-22(29)19-17-6-4-5-7-18(17)21(28)25(24-19)12-13-26/h4-11,14,26H,3,12-13H2,1-2H3,(H,23,27)/t14-/m0/s1.